The lowest BCUT2D eigenvalue weighted by Crippen LogP contribution is -2.13. The van der Waals surface area contributed by atoms with Gasteiger partial charge in [0.25, 0.3) is 0 Å². The van der Waals surface area contributed by atoms with E-state index in [0.717, 1.165) is 32.2 Å². The van der Waals surface area contributed by atoms with E-state index in [1.807, 2.05) is 0 Å². The lowest BCUT2D eigenvalue weighted by molar-refractivity contribution is 0.129. The van der Waals surface area contributed by atoms with Crippen molar-refractivity contribution < 1.29 is 4.74 Å². The predicted octanol–water partition coefficient (Wildman–Crippen LogP) is 1.58. The largest absolute Gasteiger partial charge is 0.377 e. The van der Waals surface area contributed by atoms with Crippen LogP contribution in [0.15, 0.2) is 11.6 Å². The molecule has 12 heavy (non-hydrogen) atoms. The molecule has 0 amide bonds. The molecule has 2 nitrogen and oxygen atoms in total. The highest BCUT2D eigenvalue weighted by Gasteiger charge is 2.13. The Morgan fingerprint density at radius 1 is 1.58 bits per heavy atom. The van der Waals surface area contributed by atoms with E-state index in [1.165, 1.54) is 12.0 Å². The Balaban J connectivity index is 1.98. The summed E-state index contributed by atoms with van der Waals surface area (Å²) in [6.45, 7) is 8.18. The van der Waals surface area contributed by atoms with Gasteiger partial charge >= 0.3 is 0 Å². The number of allylic oxidation sites excluding steroid dienone is 1. The lowest BCUT2D eigenvalue weighted by atomic mass is 10.1. The van der Waals surface area contributed by atoms with Crippen molar-refractivity contribution in [3.8, 4) is 0 Å². The van der Waals surface area contributed by atoms with Crippen molar-refractivity contribution in [2.24, 2.45) is 5.92 Å². The first-order valence-corrected chi connectivity index (χ1v) is 4.71. The van der Waals surface area contributed by atoms with Gasteiger partial charge in [-0.2, -0.15) is 0 Å². The maximum atomic E-state index is 5.51. The standard InChI is InChI=1S/C10H19NO/c1-9(2)4-6-12-8-10-3-5-11-7-10/h4,10-11H,3,5-8H2,1-2H3. The van der Waals surface area contributed by atoms with Crippen molar-refractivity contribution in [3.05, 3.63) is 11.6 Å². The predicted molar refractivity (Wildman–Crippen MR) is 51.2 cm³/mol. The summed E-state index contributed by atoms with van der Waals surface area (Å²) in [6, 6.07) is 0. The summed E-state index contributed by atoms with van der Waals surface area (Å²) in [5.41, 5.74) is 1.33. The average molecular weight is 169 g/mol. The van der Waals surface area contributed by atoms with Crippen LogP contribution in [0, 0.1) is 5.92 Å². The molecule has 0 spiro atoms. The minimum absolute atomic E-state index is 0.746. The third kappa shape index (κ3) is 3.88. The van der Waals surface area contributed by atoms with Crippen LogP contribution in [0.3, 0.4) is 0 Å². The highest BCUT2D eigenvalue weighted by molar-refractivity contribution is 4.92. The van der Waals surface area contributed by atoms with Crippen molar-refractivity contribution in [1.29, 1.82) is 0 Å². The molecule has 0 saturated carbocycles. The third-order valence-electron chi connectivity index (χ3n) is 2.13. The van der Waals surface area contributed by atoms with Crippen molar-refractivity contribution >= 4 is 0 Å². The van der Waals surface area contributed by atoms with Crippen LogP contribution in [0.2, 0.25) is 0 Å². The Kier molecular flexibility index (Phi) is 4.33. The van der Waals surface area contributed by atoms with Gasteiger partial charge in [0.1, 0.15) is 0 Å². The van der Waals surface area contributed by atoms with Crippen LogP contribution in [0.25, 0.3) is 0 Å². The molecule has 1 N–H and O–H groups in total. The minimum atomic E-state index is 0.746. The Morgan fingerprint density at radius 2 is 2.42 bits per heavy atom. The summed E-state index contributed by atoms with van der Waals surface area (Å²) in [5.74, 6) is 0.746. The van der Waals surface area contributed by atoms with Crippen LogP contribution in [-0.4, -0.2) is 26.3 Å². The highest BCUT2D eigenvalue weighted by Crippen LogP contribution is 2.07. The number of ether oxygens (including phenoxy) is 1. The SMILES string of the molecule is CC(C)=CCOCC1CCNC1. The molecule has 1 atom stereocenters. The molecular weight excluding hydrogens is 150 g/mol. The van der Waals surface area contributed by atoms with E-state index >= 15 is 0 Å². The monoisotopic (exact) mass is 169 g/mol. The molecule has 1 heterocycles. The van der Waals surface area contributed by atoms with Crippen molar-refractivity contribution in [2.75, 3.05) is 26.3 Å². The van der Waals surface area contributed by atoms with Gasteiger partial charge in [0.15, 0.2) is 0 Å². The molecule has 1 aliphatic rings. The molecular formula is C10H19NO. The van der Waals surface area contributed by atoms with Gasteiger partial charge in [0.05, 0.1) is 13.2 Å². The van der Waals surface area contributed by atoms with E-state index in [-0.39, 0.29) is 0 Å². The maximum Gasteiger partial charge on any atom is 0.0650 e. The molecule has 0 aliphatic carbocycles. The lowest BCUT2D eigenvalue weighted by Gasteiger charge is -2.07. The summed E-state index contributed by atoms with van der Waals surface area (Å²) >= 11 is 0. The number of nitrogens with one attached hydrogen (secondary N) is 1. The fraction of sp³-hybridized carbons (Fsp3) is 0.800. The molecule has 1 aliphatic heterocycles. The fourth-order valence-electron chi connectivity index (χ4n) is 1.32. The topological polar surface area (TPSA) is 21.3 Å². The molecule has 70 valence electrons. The first-order chi connectivity index (χ1) is 5.79. The number of hydrogen-bond donors (Lipinski definition) is 1. The van der Waals surface area contributed by atoms with Crippen LogP contribution in [0.5, 0.6) is 0 Å². The molecule has 1 unspecified atom stereocenters. The van der Waals surface area contributed by atoms with Gasteiger partial charge in [0, 0.05) is 6.54 Å². The van der Waals surface area contributed by atoms with Gasteiger partial charge in [-0.3, -0.25) is 0 Å². The maximum absolute atomic E-state index is 5.51. The summed E-state index contributed by atoms with van der Waals surface area (Å²) < 4.78 is 5.51. The quantitative estimate of drug-likeness (QED) is 0.509. The molecule has 0 aromatic carbocycles. The van der Waals surface area contributed by atoms with Gasteiger partial charge in [-0.15, -0.1) is 0 Å². The molecule has 0 aromatic heterocycles. The third-order valence-corrected chi connectivity index (χ3v) is 2.13. The number of rotatable bonds is 4. The van der Waals surface area contributed by atoms with E-state index in [0.29, 0.717) is 0 Å². The zero-order chi connectivity index (χ0) is 8.81. The first-order valence-electron chi connectivity index (χ1n) is 4.71. The Hall–Kier alpha value is -0.340. The summed E-state index contributed by atoms with van der Waals surface area (Å²) in [7, 11) is 0. The van der Waals surface area contributed by atoms with Crippen molar-refractivity contribution in [3.63, 3.8) is 0 Å². The van der Waals surface area contributed by atoms with E-state index in [1.54, 1.807) is 0 Å². The zero-order valence-corrected chi connectivity index (χ0v) is 8.10. The second kappa shape index (κ2) is 5.33. The Bertz CT molecular complexity index is 144. The van der Waals surface area contributed by atoms with Gasteiger partial charge in [-0.1, -0.05) is 11.6 Å². The average Bonchev–Trinajstić information content (AvgIpc) is 2.49. The minimum Gasteiger partial charge on any atom is -0.377 e. The van der Waals surface area contributed by atoms with E-state index in [9.17, 15) is 0 Å². The number of hydrogen-bond acceptors (Lipinski definition) is 2. The van der Waals surface area contributed by atoms with Crippen LogP contribution in [0.1, 0.15) is 20.3 Å². The molecule has 1 rings (SSSR count). The summed E-state index contributed by atoms with van der Waals surface area (Å²) in [5, 5.41) is 3.33. The zero-order valence-electron chi connectivity index (χ0n) is 8.10. The second-order valence-electron chi connectivity index (χ2n) is 3.68. The first kappa shape index (κ1) is 9.75. The van der Waals surface area contributed by atoms with E-state index in [2.05, 4.69) is 25.2 Å². The molecule has 0 aromatic rings. The van der Waals surface area contributed by atoms with Gasteiger partial charge < -0.3 is 10.1 Å². The van der Waals surface area contributed by atoms with Gasteiger partial charge in [0.2, 0.25) is 0 Å². The van der Waals surface area contributed by atoms with Gasteiger partial charge in [-0.25, -0.2) is 0 Å². The molecule has 0 bridgehead atoms. The van der Waals surface area contributed by atoms with Crippen LogP contribution < -0.4 is 5.32 Å². The van der Waals surface area contributed by atoms with Crippen LogP contribution in [-0.2, 0) is 4.74 Å². The normalized spacial score (nSPS) is 22.7. The van der Waals surface area contributed by atoms with Crippen molar-refractivity contribution in [2.45, 2.75) is 20.3 Å². The molecule has 1 fully saturated rings. The fourth-order valence-corrected chi connectivity index (χ4v) is 1.32. The van der Waals surface area contributed by atoms with E-state index < -0.39 is 0 Å². The molecule has 1 saturated heterocycles. The van der Waals surface area contributed by atoms with Gasteiger partial charge in [-0.05, 0) is 32.7 Å². The van der Waals surface area contributed by atoms with Crippen LogP contribution in [0.4, 0.5) is 0 Å². The smallest absolute Gasteiger partial charge is 0.0650 e. The second-order valence-corrected chi connectivity index (χ2v) is 3.68. The van der Waals surface area contributed by atoms with E-state index in [4.69, 9.17) is 4.74 Å². The van der Waals surface area contributed by atoms with Crippen molar-refractivity contribution in [1.82, 2.24) is 5.32 Å². The molecule has 2 heteroatoms. The highest BCUT2D eigenvalue weighted by atomic mass is 16.5. The summed E-state index contributed by atoms with van der Waals surface area (Å²) in [6.07, 6.45) is 3.40. The molecule has 0 radical (unpaired) electrons. The van der Waals surface area contributed by atoms with Crippen LogP contribution >= 0.6 is 0 Å². The Labute approximate surface area is 75.0 Å². The Morgan fingerprint density at radius 3 is 3.00 bits per heavy atom. The summed E-state index contributed by atoms with van der Waals surface area (Å²) in [4.78, 5) is 0.